The maximum atomic E-state index is 11.8. The lowest BCUT2D eigenvalue weighted by Gasteiger charge is -2.23. The summed E-state index contributed by atoms with van der Waals surface area (Å²) >= 11 is 0. The molecule has 2 aromatic carbocycles. The second-order valence-corrected chi connectivity index (χ2v) is 10.1. The summed E-state index contributed by atoms with van der Waals surface area (Å²) in [5.74, 6) is 2.56. The van der Waals surface area contributed by atoms with Crippen molar-refractivity contribution in [2.24, 2.45) is 5.14 Å². The highest BCUT2D eigenvalue weighted by Crippen LogP contribution is 2.33. The maximum absolute atomic E-state index is 11.8. The van der Waals surface area contributed by atoms with Gasteiger partial charge in [-0.25, -0.2) is 18.5 Å². The fourth-order valence-electron chi connectivity index (χ4n) is 4.18. The quantitative estimate of drug-likeness (QED) is 0.457. The van der Waals surface area contributed by atoms with E-state index in [1.54, 1.807) is 26.4 Å². The van der Waals surface area contributed by atoms with E-state index in [0.29, 0.717) is 24.6 Å². The maximum Gasteiger partial charge on any atom is 0.238 e. The van der Waals surface area contributed by atoms with Crippen LogP contribution >= 0.6 is 0 Å². The van der Waals surface area contributed by atoms with Gasteiger partial charge in [0, 0.05) is 24.7 Å². The van der Waals surface area contributed by atoms with Gasteiger partial charge in [-0.05, 0) is 55.7 Å². The van der Waals surface area contributed by atoms with Gasteiger partial charge in [-0.3, -0.25) is 4.90 Å². The Bertz CT molecular complexity index is 1230. The number of fused-ring (bicyclic) bond motifs is 1. The first-order valence-corrected chi connectivity index (χ1v) is 12.9. The van der Waals surface area contributed by atoms with Crippen LogP contribution in [0.2, 0.25) is 0 Å². The summed E-state index contributed by atoms with van der Waals surface area (Å²) in [5, 5.41) is 5.35. The Kier molecular flexibility index (Phi) is 6.92. The van der Waals surface area contributed by atoms with E-state index in [-0.39, 0.29) is 4.90 Å². The van der Waals surface area contributed by atoms with Gasteiger partial charge in [0.2, 0.25) is 10.0 Å². The largest absolute Gasteiger partial charge is 0.497 e. The van der Waals surface area contributed by atoms with Gasteiger partial charge < -0.3 is 14.0 Å². The average molecular weight is 473 g/mol. The van der Waals surface area contributed by atoms with E-state index in [9.17, 15) is 8.42 Å². The summed E-state index contributed by atoms with van der Waals surface area (Å²) in [6, 6.07) is 11.3. The first-order valence-electron chi connectivity index (χ1n) is 11.3. The molecule has 1 saturated carbocycles. The molecule has 0 atom stereocenters. The smallest absolute Gasteiger partial charge is 0.238 e. The van der Waals surface area contributed by atoms with Gasteiger partial charge in [-0.1, -0.05) is 13.3 Å². The Hall–Kier alpha value is -2.62. The van der Waals surface area contributed by atoms with Crippen molar-refractivity contribution in [3.63, 3.8) is 0 Å². The van der Waals surface area contributed by atoms with Gasteiger partial charge in [0.05, 0.1) is 36.7 Å². The third-order valence-electron chi connectivity index (χ3n) is 6.13. The third kappa shape index (κ3) is 5.31. The van der Waals surface area contributed by atoms with Gasteiger partial charge in [-0.2, -0.15) is 0 Å². The number of benzene rings is 2. The number of aryl methyl sites for hydroxylation is 1. The van der Waals surface area contributed by atoms with Crippen LogP contribution in [0.25, 0.3) is 11.0 Å². The van der Waals surface area contributed by atoms with E-state index in [0.717, 1.165) is 60.6 Å². The van der Waals surface area contributed by atoms with Crippen molar-refractivity contribution in [3.8, 4) is 11.5 Å². The van der Waals surface area contributed by atoms with E-state index in [4.69, 9.17) is 19.6 Å². The molecule has 0 aliphatic heterocycles. The highest BCUT2D eigenvalue weighted by atomic mass is 32.2. The predicted molar refractivity (Wildman–Crippen MR) is 128 cm³/mol. The molecule has 4 rings (SSSR count). The Morgan fingerprint density at radius 2 is 1.91 bits per heavy atom. The first-order chi connectivity index (χ1) is 15.8. The third-order valence-corrected chi connectivity index (χ3v) is 7.04. The fourth-order valence-corrected chi connectivity index (χ4v) is 4.72. The van der Waals surface area contributed by atoms with Crippen LogP contribution in [0, 0.1) is 0 Å². The molecule has 9 heteroatoms. The lowest BCUT2D eigenvalue weighted by atomic mass is 10.1. The number of imidazole rings is 1. The molecule has 8 nitrogen and oxygen atoms in total. The van der Waals surface area contributed by atoms with Crippen LogP contribution in [0.15, 0.2) is 41.3 Å². The van der Waals surface area contributed by atoms with Crippen LogP contribution in [0.1, 0.15) is 44.0 Å². The number of ether oxygens (including phenoxy) is 2. The van der Waals surface area contributed by atoms with Crippen molar-refractivity contribution < 1.29 is 17.9 Å². The van der Waals surface area contributed by atoms with Crippen molar-refractivity contribution in [1.29, 1.82) is 0 Å². The number of hydrogen-bond donors (Lipinski definition) is 1. The molecule has 0 saturated heterocycles. The van der Waals surface area contributed by atoms with Crippen molar-refractivity contribution >= 4 is 21.1 Å². The molecule has 0 spiro atoms. The lowest BCUT2D eigenvalue weighted by Crippen LogP contribution is -2.27. The summed E-state index contributed by atoms with van der Waals surface area (Å²) in [7, 11) is -0.438. The molecule has 0 bridgehead atoms. The molecule has 1 aliphatic rings. The van der Waals surface area contributed by atoms with E-state index in [1.165, 1.54) is 0 Å². The SMILES string of the molecule is CCCCn1c(CN(Cc2cc(OC)ccc2OC)C2CC2)nc2cc(S(N)(=O)=O)ccc21. The van der Waals surface area contributed by atoms with Crippen molar-refractivity contribution in [2.75, 3.05) is 14.2 Å². The molecule has 2 N–H and O–H groups in total. The molecule has 1 heterocycles. The molecular weight excluding hydrogens is 440 g/mol. The Labute approximate surface area is 195 Å². The number of nitrogens with zero attached hydrogens (tertiary/aromatic N) is 3. The van der Waals surface area contributed by atoms with Crippen LogP contribution in [-0.2, 0) is 29.7 Å². The lowest BCUT2D eigenvalue weighted by molar-refractivity contribution is 0.232. The Morgan fingerprint density at radius 1 is 1.12 bits per heavy atom. The minimum absolute atomic E-state index is 0.0851. The van der Waals surface area contributed by atoms with Crippen LogP contribution in [0.3, 0.4) is 0 Å². The summed E-state index contributed by atoms with van der Waals surface area (Å²) in [4.78, 5) is 7.36. The van der Waals surface area contributed by atoms with E-state index in [1.807, 2.05) is 24.3 Å². The number of rotatable bonds is 11. The highest BCUT2D eigenvalue weighted by molar-refractivity contribution is 7.89. The molecule has 33 heavy (non-hydrogen) atoms. The van der Waals surface area contributed by atoms with Crippen molar-refractivity contribution in [1.82, 2.24) is 14.5 Å². The molecular formula is C24H32N4O4S. The first kappa shape index (κ1) is 23.5. The molecule has 1 aromatic heterocycles. The summed E-state index contributed by atoms with van der Waals surface area (Å²) in [6.07, 6.45) is 4.37. The zero-order valence-corrected chi connectivity index (χ0v) is 20.3. The Morgan fingerprint density at radius 3 is 2.55 bits per heavy atom. The van der Waals surface area contributed by atoms with Crippen LogP contribution in [-0.4, -0.2) is 43.1 Å². The standard InChI is InChI=1S/C24H32N4O4S/c1-4-5-12-28-22-10-9-20(33(25,29)30)14-21(22)26-24(28)16-27(18-6-7-18)15-17-13-19(31-2)8-11-23(17)32-3/h8-11,13-14,18H,4-7,12,15-16H2,1-3H3,(H2,25,29,30). The minimum Gasteiger partial charge on any atom is -0.497 e. The minimum atomic E-state index is -3.78. The van der Waals surface area contributed by atoms with Crippen molar-refractivity contribution in [3.05, 3.63) is 47.8 Å². The molecule has 1 aliphatic carbocycles. The van der Waals surface area contributed by atoms with Crippen LogP contribution < -0.4 is 14.6 Å². The van der Waals surface area contributed by atoms with Crippen LogP contribution in [0.4, 0.5) is 0 Å². The normalized spacial score (nSPS) is 14.2. The zero-order chi connectivity index (χ0) is 23.6. The Balaban J connectivity index is 1.69. The monoisotopic (exact) mass is 472 g/mol. The number of primary sulfonamides is 1. The average Bonchev–Trinajstić information content (AvgIpc) is 3.58. The molecule has 3 aromatic rings. The van der Waals surface area contributed by atoms with Gasteiger partial charge in [-0.15, -0.1) is 0 Å². The van der Waals surface area contributed by atoms with Gasteiger partial charge >= 0.3 is 0 Å². The van der Waals surface area contributed by atoms with Gasteiger partial charge in [0.15, 0.2) is 0 Å². The molecule has 0 amide bonds. The van der Waals surface area contributed by atoms with E-state index < -0.39 is 10.0 Å². The van der Waals surface area contributed by atoms with E-state index in [2.05, 4.69) is 16.4 Å². The second-order valence-electron chi connectivity index (χ2n) is 8.54. The molecule has 0 unspecified atom stereocenters. The number of aromatic nitrogens is 2. The van der Waals surface area contributed by atoms with Gasteiger partial charge in [0.25, 0.3) is 0 Å². The predicted octanol–water partition coefficient (Wildman–Crippen LogP) is 3.67. The number of methoxy groups -OCH3 is 2. The molecule has 0 radical (unpaired) electrons. The molecule has 178 valence electrons. The number of unbranched alkanes of at least 4 members (excludes halogenated alkanes) is 1. The van der Waals surface area contributed by atoms with Crippen molar-refractivity contribution in [2.45, 2.75) is 63.2 Å². The topological polar surface area (TPSA) is 99.7 Å². The fraction of sp³-hybridized carbons (Fsp3) is 0.458. The van der Waals surface area contributed by atoms with E-state index >= 15 is 0 Å². The number of sulfonamides is 1. The number of hydrogen-bond acceptors (Lipinski definition) is 6. The van der Waals surface area contributed by atoms with Crippen LogP contribution in [0.5, 0.6) is 11.5 Å². The second kappa shape index (κ2) is 9.70. The number of nitrogens with two attached hydrogens (primary N) is 1. The summed E-state index contributed by atoms with van der Waals surface area (Å²) < 4.78 is 36.9. The summed E-state index contributed by atoms with van der Waals surface area (Å²) in [5.41, 5.74) is 2.65. The van der Waals surface area contributed by atoms with Gasteiger partial charge in [0.1, 0.15) is 17.3 Å². The zero-order valence-electron chi connectivity index (χ0n) is 19.5. The highest BCUT2D eigenvalue weighted by Gasteiger charge is 2.31. The molecule has 1 fully saturated rings. The summed E-state index contributed by atoms with van der Waals surface area (Å²) in [6.45, 7) is 4.36.